The lowest BCUT2D eigenvalue weighted by molar-refractivity contribution is -0.112. The van der Waals surface area contributed by atoms with E-state index in [1.54, 1.807) is 0 Å². The fourth-order valence-electron chi connectivity index (χ4n) is 2.62. The summed E-state index contributed by atoms with van der Waals surface area (Å²) in [4.78, 5) is 12.9. The van der Waals surface area contributed by atoms with Gasteiger partial charge in [-0.05, 0) is 60.5 Å². The summed E-state index contributed by atoms with van der Waals surface area (Å²) >= 11 is 11.8. The van der Waals surface area contributed by atoms with Crippen molar-refractivity contribution in [2.24, 2.45) is 0 Å². The van der Waals surface area contributed by atoms with Crippen LogP contribution in [0.25, 0.3) is 12.2 Å². The predicted octanol–water partition coefficient (Wildman–Crippen LogP) is 5.02. The maximum absolute atomic E-state index is 12.9. The van der Waals surface area contributed by atoms with Crippen LogP contribution in [0, 0.1) is 0 Å². The third-order valence-corrected chi connectivity index (χ3v) is 4.40. The van der Waals surface area contributed by atoms with Gasteiger partial charge in [-0.3, -0.25) is 4.79 Å². The highest BCUT2D eigenvalue weighted by atomic mass is 35.5. The van der Waals surface area contributed by atoms with Crippen LogP contribution in [-0.2, 0) is 4.79 Å². The molecule has 1 fully saturated rings. The van der Waals surface area contributed by atoms with Gasteiger partial charge in [0.05, 0.1) is 0 Å². The quantitative estimate of drug-likeness (QED) is 0.764. The Balaban J connectivity index is 1.90. The number of rotatable bonds is 2. The zero-order chi connectivity index (χ0) is 16.9. The van der Waals surface area contributed by atoms with Crippen LogP contribution in [0.3, 0.4) is 0 Å². The first kappa shape index (κ1) is 17.0. The monoisotopic (exact) mass is 357 g/mol. The van der Waals surface area contributed by atoms with Crippen molar-refractivity contribution in [3.05, 3.63) is 80.8 Å². The van der Waals surface area contributed by atoms with Gasteiger partial charge in [0.2, 0.25) is 0 Å². The highest BCUT2D eigenvalue weighted by Crippen LogP contribution is 2.21. The Hall–Kier alpha value is -1.87. The number of halogens is 2. The van der Waals surface area contributed by atoms with E-state index in [2.05, 4.69) is 5.32 Å². The lowest BCUT2D eigenvalue weighted by Gasteiger charge is -2.05. The fourth-order valence-corrected chi connectivity index (χ4v) is 2.87. The van der Waals surface area contributed by atoms with Gasteiger partial charge in [-0.25, -0.2) is 0 Å². The Morgan fingerprint density at radius 2 is 1.29 bits per heavy atom. The molecule has 1 aliphatic heterocycles. The van der Waals surface area contributed by atoms with Gasteiger partial charge in [-0.2, -0.15) is 0 Å². The van der Waals surface area contributed by atoms with E-state index in [1.807, 2.05) is 60.7 Å². The largest absolute Gasteiger partial charge is 0.312 e. The molecule has 1 saturated heterocycles. The highest BCUT2D eigenvalue weighted by molar-refractivity contribution is 6.30. The van der Waals surface area contributed by atoms with E-state index in [0.29, 0.717) is 23.0 Å². The van der Waals surface area contributed by atoms with Gasteiger partial charge < -0.3 is 5.32 Å². The van der Waals surface area contributed by atoms with Crippen molar-refractivity contribution in [3.8, 4) is 0 Å². The van der Waals surface area contributed by atoms with Gasteiger partial charge in [0, 0.05) is 27.7 Å². The second kappa shape index (κ2) is 7.80. The molecule has 1 N–H and O–H groups in total. The number of benzene rings is 2. The molecular formula is C20H17Cl2NO. The van der Waals surface area contributed by atoms with Crippen LogP contribution in [0.2, 0.25) is 10.0 Å². The second-order valence-electron chi connectivity index (χ2n) is 5.70. The van der Waals surface area contributed by atoms with E-state index >= 15 is 0 Å². The number of hydrogen-bond acceptors (Lipinski definition) is 2. The number of carbonyl (C=O) groups is 1. The minimum absolute atomic E-state index is 0.0879. The zero-order valence-corrected chi connectivity index (χ0v) is 14.6. The van der Waals surface area contributed by atoms with E-state index < -0.39 is 0 Å². The fraction of sp³-hybridized carbons (Fsp3) is 0.150. The molecule has 0 amide bonds. The Morgan fingerprint density at radius 3 is 1.83 bits per heavy atom. The lowest BCUT2D eigenvalue weighted by atomic mass is 9.98. The van der Waals surface area contributed by atoms with Crippen LogP contribution in [0.5, 0.6) is 0 Å². The van der Waals surface area contributed by atoms with E-state index in [-0.39, 0.29) is 5.78 Å². The molecule has 0 saturated carbocycles. The van der Waals surface area contributed by atoms with Gasteiger partial charge in [0.15, 0.2) is 5.78 Å². The zero-order valence-electron chi connectivity index (χ0n) is 13.1. The molecule has 1 heterocycles. The molecule has 0 spiro atoms. The SMILES string of the molecule is O=C1C(=Cc2ccc(Cl)cc2)CCNCC1=Cc1ccc(Cl)cc1. The molecule has 0 aliphatic carbocycles. The molecule has 0 atom stereocenters. The van der Waals surface area contributed by atoms with Crippen LogP contribution in [-0.4, -0.2) is 18.9 Å². The molecule has 2 aromatic rings. The summed E-state index contributed by atoms with van der Waals surface area (Å²) in [6, 6.07) is 15.0. The Labute approximate surface area is 151 Å². The van der Waals surface area contributed by atoms with E-state index in [9.17, 15) is 4.79 Å². The normalized spacial score (nSPS) is 18.8. The molecule has 24 heavy (non-hydrogen) atoms. The maximum Gasteiger partial charge on any atom is 0.186 e. The highest BCUT2D eigenvalue weighted by Gasteiger charge is 2.18. The average molecular weight is 358 g/mol. The van der Waals surface area contributed by atoms with Gasteiger partial charge in [0.25, 0.3) is 0 Å². The van der Waals surface area contributed by atoms with Crippen LogP contribution >= 0.6 is 23.2 Å². The van der Waals surface area contributed by atoms with Gasteiger partial charge in [-0.15, -0.1) is 0 Å². The number of hydrogen-bond donors (Lipinski definition) is 1. The molecule has 3 rings (SSSR count). The maximum atomic E-state index is 12.9. The first-order valence-corrected chi connectivity index (χ1v) is 8.55. The van der Waals surface area contributed by atoms with Gasteiger partial charge in [-0.1, -0.05) is 47.5 Å². The number of ketones is 1. The molecule has 4 heteroatoms. The van der Waals surface area contributed by atoms with E-state index in [0.717, 1.165) is 28.8 Å². The summed E-state index contributed by atoms with van der Waals surface area (Å²) in [7, 11) is 0. The van der Waals surface area contributed by atoms with Crippen LogP contribution in [0.1, 0.15) is 17.5 Å². The van der Waals surface area contributed by atoms with Crippen molar-refractivity contribution in [1.82, 2.24) is 5.32 Å². The molecule has 122 valence electrons. The van der Waals surface area contributed by atoms with Crippen molar-refractivity contribution >= 4 is 41.1 Å². The number of carbonyl (C=O) groups excluding carboxylic acids is 1. The molecule has 0 radical (unpaired) electrons. The molecule has 2 aromatic carbocycles. The van der Waals surface area contributed by atoms with Crippen LogP contribution < -0.4 is 5.32 Å². The summed E-state index contributed by atoms with van der Waals surface area (Å²) in [5, 5.41) is 4.68. The topological polar surface area (TPSA) is 29.1 Å². The van der Waals surface area contributed by atoms with Crippen molar-refractivity contribution in [3.63, 3.8) is 0 Å². The van der Waals surface area contributed by atoms with Crippen molar-refractivity contribution in [1.29, 1.82) is 0 Å². The lowest BCUT2D eigenvalue weighted by Crippen LogP contribution is -2.16. The van der Waals surface area contributed by atoms with Crippen molar-refractivity contribution in [2.45, 2.75) is 6.42 Å². The third-order valence-electron chi connectivity index (χ3n) is 3.89. The number of nitrogens with one attached hydrogen (secondary N) is 1. The van der Waals surface area contributed by atoms with Crippen molar-refractivity contribution in [2.75, 3.05) is 13.1 Å². The number of Topliss-reactive ketones (excluding diaryl/α,β-unsaturated/α-hetero) is 1. The summed E-state index contributed by atoms with van der Waals surface area (Å²) < 4.78 is 0. The van der Waals surface area contributed by atoms with E-state index in [4.69, 9.17) is 23.2 Å². The van der Waals surface area contributed by atoms with Gasteiger partial charge in [0.1, 0.15) is 0 Å². The first-order valence-electron chi connectivity index (χ1n) is 7.79. The van der Waals surface area contributed by atoms with Crippen molar-refractivity contribution < 1.29 is 4.79 Å². The standard InChI is InChI=1S/C20H17Cl2NO/c21-18-5-1-14(2-6-18)11-16-9-10-23-13-17(20(16)24)12-15-3-7-19(22)8-4-15/h1-8,11-12,23H,9-10,13H2. The van der Waals surface area contributed by atoms with E-state index in [1.165, 1.54) is 0 Å². The summed E-state index contributed by atoms with van der Waals surface area (Å²) in [6.45, 7) is 1.35. The van der Waals surface area contributed by atoms with Crippen LogP contribution in [0.15, 0.2) is 59.7 Å². The average Bonchev–Trinajstić information content (AvgIpc) is 2.75. The molecule has 0 bridgehead atoms. The first-order chi connectivity index (χ1) is 11.6. The molecule has 0 aromatic heterocycles. The summed E-state index contributed by atoms with van der Waals surface area (Å²) in [5.74, 6) is 0.0879. The minimum atomic E-state index is 0.0879. The summed E-state index contributed by atoms with van der Waals surface area (Å²) in [6.07, 6.45) is 4.58. The Morgan fingerprint density at radius 1 is 0.792 bits per heavy atom. The molecule has 0 unspecified atom stereocenters. The predicted molar refractivity (Wildman–Crippen MR) is 101 cm³/mol. The molecule has 2 nitrogen and oxygen atoms in total. The molecular weight excluding hydrogens is 341 g/mol. The van der Waals surface area contributed by atoms with Gasteiger partial charge >= 0.3 is 0 Å². The smallest absolute Gasteiger partial charge is 0.186 e. The minimum Gasteiger partial charge on any atom is -0.312 e. The summed E-state index contributed by atoms with van der Waals surface area (Å²) in [5.41, 5.74) is 3.52. The Kier molecular flexibility index (Phi) is 5.52. The van der Waals surface area contributed by atoms with Crippen LogP contribution in [0.4, 0.5) is 0 Å². The Bertz CT molecular complexity index is 722. The second-order valence-corrected chi connectivity index (χ2v) is 6.57. The molecule has 1 aliphatic rings. The third kappa shape index (κ3) is 4.35.